The second-order valence-electron chi connectivity index (χ2n) is 3.40. The molecule has 0 radical (unpaired) electrons. The SMILES string of the molecule is CCC(=O)Nc1ccccc1NC(=O)C(F)(F)F. The van der Waals surface area contributed by atoms with E-state index in [9.17, 15) is 22.8 Å². The molecule has 1 rings (SSSR count). The van der Waals surface area contributed by atoms with Crippen molar-refractivity contribution in [2.75, 3.05) is 10.6 Å². The van der Waals surface area contributed by atoms with E-state index in [2.05, 4.69) is 5.32 Å². The molecule has 0 atom stereocenters. The lowest BCUT2D eigenvalue weighted by atomic mass is 10.2. The molecule has 98 valence electrons. The Balaban J connectivity index is 2.89. The van der Waals surface area contributed by atoms with Gasteiger partial charge in [0.15, 0.2) is 0 Å². The van der Waals surface area contributed by atoms with Gasteiger partial charge in [-0.1, -0.05) is 19.1 Å². The Bertz CT molecular complexity index is 458. The Morgan fingerprint density at radius 3 is 2.06 bits per heavy atom. The number of para-hydroxylation sites is 2. The third kappa shape index (κ3) is 3.76. The third-order valence-electron chi connectivity index (χ3n) is 2.03. The van der Waals surface area contributed by atoms with Crippen LogP contribution in [0.4, 0.5) is 24.5 Å². The minimum absolute atomic E-state index is 0.0957. The van der Waals surface area contributed by atoms with Gasteiger partial charge in [-0.2, -0.15) is 13.2 Å². The highest BCUT2D eigenvalue weighted by Gasteiger charge is 2.38. The Morgan fingerprint density at radius 2 is 1.61 bits per heavy atom. The van der Waals surface area contributed by atoms with Crippen LogP contribution >= 0.6 is 0 Å². The molecule has 0 aromatic heterocycles. The van der Waals surface area contributed by atoms with E-state index in [0.717, 1.165) is 0 Å². The number of hydrogen-bond donors (Lipinski definition) is 2. The van der Waals surface area contributed by atoms with Crippen LogP contribution in [-0.2, 0) is 9.59 Å². The maximum Gasteiger partial charge on any atom is 0.471 e. The second kappa shape index (κ2) is 5.52. The van der Waals surface area contributed by atoms with E-state index in [1.165, 1.54) is 24.3 Å². The van der Waals surface area contributed by atoms with Crippen LogP contribution in [0.1, 0.15) is 13.3 Å². The highest BCUT2D eigenvalue weighted by Crippen LogP contribution is 2.24. The van der Waals surface area contributed by atoms with E-state index in [0.29, 0.717) is 0 Å². The number of halogens is 3. The van der Waals surface area contributed by atoms with Crippen molar-refractivity contribution in [2.24, 2.45) is 0 Å². The van der Waals surface area contributed by atoms with E-state index >= 15 is 0 Å². The first-order valence-electron chi connectivity index (χ1n) is 5.11. The minimum Gasteiger partial charge on any atom is -0.324 e. The van der Waals surface area contributed by atoms with Gasteiger partial charge in [0.1, 0.15) is 0 Å². The van der Waals surface area contributed by atoms with Crippen molar-refractivity contribution >= 4 is 23.2 Å². The molecule has 18 heavy (non-hydrogen) atoms. The summed E-state index contributed by atoms with van der Waals surface area (Å²) in [6.07, 6.45) is -4.79. The highest BCUT2D eigenvalue weighted by atomic mass is 19.4. The summed E-state index contributed by atoms with van der Waals surface area (Å²) in [6, 6.07) is 5.66. The molecule has 2 amide bonds. The predicted octanol–water partition coefficient (Wildman–Crippen LogP) is 2.54. The number of hydrogen-bond acceptors (Lipinski definition) is 2. The van der Waals surface area contributed by atoms with Crippen molar-refractivity contribution in [3.05, 3.63) is 24.3 Å². The van der Waals surface area contributed by atoms with E-state index in [1.807, 2.05) is 0 Å². The zero-order chi connectivity index (χ0) is 13.8. The lowest BCUT2D eigenvalue weighted by Gasteiger charge is -2.12. The van der Waals surface area contributed by atoms with Crippen molar-refractivity contribution in [3.8, 4) is 0 Å². The summed E-state index contributed by atoms with van der Waals surface area (Å²) < 4.78 is 36.3. The molecular formula is C11H11F3N2O2. The number of alkyl halides is 3. The van der Waals surface area contributed by atoms with Gasteiger partial charge in [-0.25, -0.2) is 0 Å². The molecule has 0 aliphatic carbocycles. The largest absolute Gasteiger partial charge is 0.471 e. The van der Waals surface area contributed by atoms with Crippen molar-refractivity contribution in [1.82, 2.24) is 0 Å². The Kier molecular flexibility index (Phi) is 4.30. The summed E-state index contributed by atoms with van der Waals surface area (Å²) in [5.41, 5.74) is 0.0311. The molecule has 0 heterocycles. The van der Waals surface area contributed by atoms with Gasteiger partial charge < -0.3 is 10.6 Å². The van der Waals surface area contributed by atoms with Gasteiger partial charge in [0, 0.05) is 6.42 Å². The van der Waals surface area contributed by atoms with Crippen LogP contribution in [0.15, 0.2) is 24.3 Å². The van der Waals surface area contributed by atoms with Gasteiger partial charge in [0.05, 0.1) is 11.4 Å². The van der Waals surface area contributed by atoms with Crippen LogP contribution in [0.2, 0.25) is 0 Å². The van der Waals surface area contributed by atoms with Crippen molar-refractivity contribution < 1.29 is 22.8 Å². The molecule has 0 spiro atoms. The highest BCUT2D eigenvalue weighted by molar-refractivity contribution is 6.01. The zero-order valence-corrected chi connectivity index (χ0v) is 9.47. The predicted molar refractivity (Wildman–Crippen MR) is 60.0 cm³/mol. The summed E-state index contributed by atoms with van der Waals surface area (Å²) in [7, 11) is 0. The van der Waals surface area contributed by atoms with E-state index in [-0.39, 0.29) is 23.7 Å². The fraction of sp³-hybridized carbons (Fsp3) is 0.273. The van der Waals surface area contributed by atoms with Crippen LogP contribution in [0, 0.1) is 0 Å². The number of benzene rings is 1. The van der Waals surface area contributed by atoms with Crippen molar-refractivity contribution in [3.63, 3.8) is 0 Å². The lowest BCUT2D eigenvalue weighted by molar-refractivity contribution is -0.167. The topological polar surface area (TPSA) is 58.2 Å². The van der Waals surface area contributed by atoms with E-state index in [1.54, 1.807) is 12.2 Å². The fourth-order valence-corrected chi connectivity index (χ4v) is 1.13. The van der Waals surface area contributed by atoms with E-state index in [4.69, 9.17) is 0 Å². The van der Waals surface area contributed by atoms with Gasteiger partial charge >= 0.3 is 12.1 Å². The summed E-state index contributed by atoms with van der Waals surface area (Å²) in [4.78, 5) is 22.0. The number of amides is 2. The van der Waals surface area contributed by atoms with Crippen LogP contribution in [0.5, 0.6) is 0 Å². The average molecular weight is 260 g/mol. The van der Waals surface area contributed by atoms with Crippen LogP contribution < -0.4 is 10.6 Å². The standard InChI is InChI=1S/C11H11F3N2O2/c1-2-9(17)15-7-5-3-4-6-8(7)16-10(18)11(12,13)14/h3-6H,2H2,1H3,(H,15,17)(H,16,18). The lowest BCUT2D eigenvalue weighted by Crippen LogP contribution is -2.30. The molecule has 1 aromatic rings. The molecule has 2 N–H and O–H groups in total. The van der Waals surface area contributed by atoms with Crippen LogP contribution in [0.25, 0.3) is 0 Å². The molecule has 0 aliphatic rings. The summed E-state index contributed by atoms with van der Waals surface area (Å²) >= 11 is 0. The first-order valence-corrected chi connectivity index (χ1v) is 5.11. The van der Waals surface area contributed by atoms with Gasteiger partial charge in [-0.15, -0.1) is 0 Å². The normalized spacial score (nSPS) is 10.9. The maximum absolute atomic E-state index is 12.1. The van der Waals surface area contributed by atoms with Crippen LogP contribution in [0.3, 0.4) is 0 Å². The maximum atomic E-state index is 12.1. The number of nitrogens with one attached hydrogen (secondary N) is 2. The Hall–Kier alpha value is -2.05. The molecule has 0 bridgehead atoms. The van der Waals surface area contributed by atoms with Crippen molar-refractivity contribution in [2.45, 2.75) is 19.5 Å². The van der Waals surface area contributed by atoms with Gasteiger partial charge in [-0.05, 0) is 12.1 Å². The first kappa shape index (κ1) is 14.0. The zero-order valence-electron chi connectivity index (χ0n) is 9.47. The summed E-state index contributed by atoms with van der Waals surface area (Å²) in [5.74, 6) is -2.44. The van der Waals surface area contributed by atoms with Gasteiger partial charge in [0.25, 0.3) is 0 Å². The molecular weight excluding hydrogens is 249 g/mol. The number of carbonyl (C=O) groups is 2. The fourth-order valence-electron chi connectivity index (χ4n) is 1.13. The molecule has 1 aromatic carbocycles. The van der Waals surface area contributed by atoms with E-state index < -0.39 is 12.1 Å². The quantitative estimate of drug-likeness (QED) is 0.877. The smallest absolute Gasteiger partial charge is 0.324 e. The number of anilines is 2. The van der Waals surface area contributed by atoms with Gasteiger partial charge in [0.2, 0.25) is 5.91 Å². The third-order valence-corrected chi connectivity index (χ3v) is 2.03. The Morgan fingerprint density at radius 1 is 1.11 bits per heavy atom. The molecule has 0 fully saturated rings. The molecule has 7 heteroatoms. The van der Waals surface area contributed by atoms with Gasteiger partial charge in [-0.3, -0.25) is 9.59 Å². The van der Waals surface area contributed by atoms with Crippen molar-refractivity contribution in [1.29, 1.82) is 0 Å². The molecule has 0 saturated heterocycles. The average Bonchev–Trinajstić information content (AvgIpc) is 2.30. The molecule has 0 aliphatic heterocycles. The molecule has 0 saturated carbocycles. The minimum atomic E-state index is -4.97. The number of carbonyl (C=O) groups excluding carboxylic acids is 2. The first-order chi connectivity index (χ1) is 8.34. The summed E-state index contributed by atoms with van der Waals surface area (Å²) in [5, 5.41) is 4.10. The Labute approximate surface area is 101 Å². The molecule has 0 unspecified atom stereocenters. The van der Waals surface area contributed by atoms with Crippen LogP contribution in [-0.4, -0.2) is 18.0 Å². The number of rotatable bonds is 3. The molecule has 4 nitrogen and oxygen atoms in total. The monoisotopic (exact) mass is 260 g/mol. The summed E-state index contributed by atoms with van der Waals surface area (Å²) in [6.45, 7) is 1.60. The second-order valence-corrected chi connectivity index (χ2v) is 3.40.